The number of halogens is 1. The molecule has 0 spiro atoms. The maximum absolute atomic E-state index is 10.3. The van der Waals surface area contributed by atoms with Gasteiger partial charge in [-0.2, -0.15) is 4.98 Å². The van der Waals surface area contributed by atoms with Crippen LogP contribution in [0.25, 0.3) is 28.5 Å². The number of imidazole rings is 1. The minimum Gasteiger partial charge on any atom is -0.768 e. The zero-order valence-corrected chi connectivity index (χ0v) is 22.6. The smallest absolute Gasteiger partial charge is 0.306 e. The van der Waals surface area contributed by atoms with Gasteiger partial charge in [-0.1, -0.05) is 23.7 Å². The molecule has 4 heterocycles. The molecule has 0 bridgehead atoms. The Kier molecular flexibility index (Phi) is 8.52. The molecule has 39 heavy (non-hydrogen) atoms. The monoisotopic (exact) mass is 565 g/mol. The molecule has 1 unspecified atom stereocenters. The number of benzene rings is 2. The Bertz CT molecular complexity index is 1570. The van der Waals surface area contributed by atoms with Gasteiger partial charge in [0.25, 0.3) is 0 Å². The molecule has 1 saturated heterocycles. The highest BCUT2D eigenvalue weighted by Crippen LogP contribution is 2.33. The van der Waals surface area contributed by atoms with Crippen LogP contribution in [0, 0.1) is 0 Å². The molecule has 2 N–H and O–H groups in total. The minimum absolute atomic E-state index is 0.254. The summed E-state index contributed by atoms with van der Waals surface area (Å²) in [7, 11) is 1.65. The zero-order chi connectivity index (χ0) is 27.2. The molecule has 1 aliphatic rings. The fourth-order valence-electron chi connectivity index (χ4n) is 4.27. The van der Waals surface area contributed by atoms with E-state index in [9.17, 15) is 8.76 Å². The number of ether oxygens (including phenoxy) is 1. The molecule has 0 aliphatic carbocycles. The Labute approximate surface area is 232 Å². The van der Waals surface area contributed by atoms with Crippen molar-refractivity contribution in [2.24, 2.45) is 0 Å². The topological polar surface area (TPSA) is 130 Å². The van der Waals surface area contributed by atoms with Crippen LogP contribution < -0.4 is 15.4 Å². The molecule has 0 radical (unpaired) electrons. The van der Waals surface area contributed by atoms with Crippen LogP contribution in [0.2, 0.25) is 5.02 Å². The average Bonchev–Trinajstić information content (AvgIpc) is 3.56. The van der Waals surface area contributed by atoms with Gasteiger partial charge < -0.3 is 24.3 Å². The number of nitrogens with zero attached hydrogens (tertiary/aromatic N) is 4. The number of methoxy groups -OCH3 is 1. The van der Waals surface area contributed by atoms with Crippen LogP contribution in [-0.4, -0.2) is 54.4 Å². The quantitative estimate of drug-likeness (QED) is 0.279. The molecule has 202 valence electrons. The van der Waals surface area contributed by atoms with E-state index in [2.05, 4.69) is 20.6 Å². The average molecular weight is 566 g/mol. The van der Waals surface area contributed by atoms with Gasteiger partial charge in [0.15, 0.2) is 0 Å². The predicted molar refractivity (Wildman–Crippen MR) is 149 cm³/mol. The van der Waals surface area contributed by atoms with E-state index < -0.39 is 11.1 Å². The van der Waals surface area contributed by atoms with Crippen molar-refractivity contribution in [3.8, 4) is 28.4 Å². The summed E-state index contributed by atoms with van der Waals surface area (Å²) in [5, 5.41) is 7.38. The summed E-state index contributed by atoms with van der Waals surface area (Å²) in [5.74, 6) is 1.90. The first-order valence-electron chi connectivity index (χ1n) is 12.3. The standard InChI is InChI=1S/C21H22N6O2.C6H5ClO2S/c1-28-16-6-2-4-14(12-16)18-19(27-10-11-29-21(27)26-18)17-7-9-23-20(25-17)24-15-5-3-8-22-13-15;7-5-1-3-6(4-2-5)10(8)9/h2,4,6-7,9-12,15,22H,3,5,8,13H2,1H3,(H,23,24,25);1-4H,(H,8,9)/p-1/t15-;/m1./s1. The van der Waals surface area contributed by atoms with E-state index in [1.165, 1.54) is 24.3 Å². The number of hydrogen-bond donors (Lipinski definition) is 2. The summed E-state index contributed by atoms with van der Waals surface area (Å²) in [6, 6.07) is 16.0. The second-order valence-corrected chi connectivity index (χ2v) is 10.1. The summed E-state index contributed by atoms with van der Waals surface area (Å²) in [6.07, 6.45) is 7.50. The summed E-state index contributed by atoms with van der Waals surface area (Å²) in [6.45, 7) is 1.98. The van der Waals surface area contributed by atoms with Gasteiger partial charge in [0, 0.05) is 40.5 Å². The number of oxazole rings is 1. The largest absolute Gasteiger partial charge is 0.768 e. The highest BCUT2D eigenvalue weighted by molar-refractivity contribution is 7.79. The summed E-state index contributed by atoms with van der Waals surface area (Å²) >= 11 is 3.37. The lowest BCUT2D eigenvalue weighted by Gasteiger charge is -2.23. The third-order valence-corrected chi connectivity index (χ3v) is 7.05. The van der Waals surface area contributed by atoms with Crippen LogP contribution in [0.3, 0.4) is 0 Å². The second kappa shape index (κ2) is 12.4. The number of aromatic nitrogens is 4. The highest BCUT2D eigenvalue weighted by Gasteiger charge is 2.20. The zero-order valence-electron chi connectivity index (χ0n) is 21.0. The van der Waals surface area contributed by atoms with E-state index in [1.54, 1.807) is 19.6 Å². The number of piperidine rings is 1. The van der Waals surface area contributed by atoms with Crippen molar-refractivity contribution < 1.29 is 17.9 Å². The first-order valence-corrected chi connectivity index (χ1v) is 13.7. The number of fused-ring (bicyclic) bond motifs is 1. The molecule has 0 amide bonds. The Hall–Kier alpha value is -3.77. The Morgan fingerprint density at radius 1 is 1.21 bits per heavy atom. The number of nitrogens with one attached hydrogen (secondary N) is 2. The van der Waals surface area contributed by atoms with Gasteiger partial charge in [0.05, 0.1) is 12.8 Å². The van der Waals surface area contributed by atoms with E-state index in [-0.39, 0.29) is 4.90 Å². The Balaban J connectivity index is 0.000000261. The van der Waals surface area contributed by atoms with Gasteiger partial charge in [-0.05, 0) is 72.9 Å². The molecular weight excluding hydrogens is 540 g/mol. The molecule has 2 atom stereocenters. The molecule has 6 rings (SSSR count). The maximum atomic E-state index is 10.3. The third-order valence-electron chi connectivity index (χ3n) is 6.14. The minimum atomic E-state index is -2.15. The highest BCUT2D eigenvalue weighted by atomic mass is 35.5. The second-order valence-electron chi connectivity index (χ2n) is 8.74. The lowest BCUT2D eigenvalue weighted by atomic mass is 10.1. The maximum Gasteiger partial charge on any atom is 0.306 e. The van der Waals surface area contributed by atoms with Crippen molar-refractivity contribution in [3.05, 3.63) is 78.3 Å². The molecule has 3 aromatic heterocycles. The molecule has 2 aromatic carbocycles. The van der Waals surface area contributed by atoms with E-state index in [1.807, 2.05) is 40.9 Å². The molecular formula is C27H26ClN6O4S-. The van der Waals surface area contributed by atoms with Crippen LogP contribution in [0.1, 0.15) is 12.8 Å². The van der Waals surface area contributed by atoms with Crippen molar-refractivity contribution >= 4 is 34.5 Å². The van der Waals surface area contributed by atoms with Crippen molar-refractivity contribution in [1.29, 1.82) is 0 Å². The van der Waals surface area contributed by atoms with E-state index in [0.29, 0.717) is 22.9 Å². The molecule has 12 heteroatoms. The number of anilines is 1. The van der Waals surface area contributed by atoms with Gasteiger partial charge in [-0.15, -0.1) is 0 Å². The van der Waals surface area contributed by atoms with E-state index in [0.717, 1.165) is 54.3 Å². The summed E-state index contributed by atoms with van der Waals surface area (Å²) in [5.41, 5.74) is 3.35. The third kappa shape index (κ3) is 6.45. The van der Waals surface area contributed by atoms with Crippen molar-refractivity contribution in [2.45, 2.75) is 23.8 Å². The van der Waals surface area contributed by atoms with Crippen LogP contribution in [-0.2, 0) is 11.1 Å². The first kappa shape index (κ1) is 26.8. The fourth-order valence-corrected chi connectivity index (χ4v) is 4.75. The van der Waals surface area contributed by atoms with Crippen LogP contribution in [0.5, 0.6) is 5.75 Å². The normalized spacial score (nSPS) is 15.8. The lowest BCUT2D eigenvalue weighted by Crippen LogP contribution is -2.38. The van der Waals surface area contributed by atoms with Crippen LogP contribution in [0.4, 0.5) is 5.95 Å². The molecule has 10 nitrogen and oxygen atoms in total. The Morgan fingerprint density at radius 2 is 2.05 bits per heavy atom. The van der Waals surface area contributed by atoms with Crippen molar-refractivity contribution in [3.63, 3.8) is 0 Å². The molecule has 0 saturated carbocycles. The van der Waals surface area contributed by atoms with Gasteiger partial charge in [-0.3, -0.25) is 8.61 Å². The molecule has 5 aromatic rings. The number of hydrogen-bond acceptors (Lipinski definition) is 9. The van der Waals surface area contributed by atoms with Gasteiger partial charge >= 0.3 is 5.84 Å². The van der Waals surface area contributed by atoms with Gasteiger partial charge in [0.2, 0.25) is 5.95 Å². The Morgan fingerprint density at radius 3 is 2.79 bits per heavy atom. The van der Waals surface area contributed by atoms with Gasteiger partial charge in [-0.25, -0.2) is 9.97 Å². The summed E-state index contributed by atoms with van der Waals surface area (Å²) in [4.78, 5) is 14.1. The first-order chi connectivity index (χ1) is 19.0. The van der Waals surface area contributed by atoms with Crippen molar-refractivity contribution in [2.75, 3.05) is 25.5 Å². The predicted octanol–water partition coefficient (Wildman–Crippen LogP) is 4.80. The van der Waals surface area contributed by atoms with Crippen LogP contribution in [0.15, 0.2) is 82.6 Å². The van der Waals surface area contributed by atoms with Crippen molar-refractivity contribution in [1.82, 2.24) is 24.7 Å². The summed E-state index contributed by atoms with van der Waals surface area (Å²) < 4.78 is 33.4. The molecule has 1 fully saturated rings. The number of rotatable bonds is 6. The van der Waals surface area contributed by atoms with E-state index in [4.69, 9.17) is 25.7 Å². The van der Waals surface area contributed by atoms with Gasteiger partial charge in [0.1, 0.15) is 23.4 Å². The van der Waals surface area contributed by atoms with E-state index >= 15 is 0 Å². The molecule has 1 aliphatic heterocycles. The fraction of sp³-hybridized carbons (Fsp3) is 0.222. The lowest BCUT2D eigenvalue weighted by molar-refractivity contribution is 0.415. The SMILES string of the molecule is COc1cccc(-c2nc3occn3c2-c2ccnc(N[C@@H]3CCCNC3)n2)c1.O=S([O-])c1ccc(Cl)cc1. The van der Waals surface area contributed by atoms with Crippen LogP contribution >= 0.6 is 11.6 Å².